The van der Waals surface area contributed by atoms with Crippen molar-refractivity contribution in [3.63, 3.8) is 0 Å². The number of amides is 1. The number of hydrogen-bond donors (Lipinski definition) is 2. The third kappa shape index (κ3) is 3.86. The lowest BCUT2D eigenvalue weighted by atomic mass is 9.95. The number of nitro benzene ring substituents is 1. The van der Waals surface area contributed by atoms with Gasteiger partial charge in [-0.15, -0.1) is 5.10 Å². The largest absolute Gasteiger partial charge is 0.328 e. The number of nitrogens with zero attached hydrogens (tertiary/aromatic N) is 6. The molecule has 3 aromatic heterocycles. The van der Waals surface area contributed by atoms with Gasteiger partial charge in [0, 0.05) is 42.0 Å². The molecule has 0 spiro atoms. The molecule has 1 amide bonds. The molecule has 1 aliphatic heterocycles. The van der Waals surface area contributed by atoms with E-state index in [1.807, 2.05) is 0 Å². The molecule has 2 N–H and O–H groups in total. The van der Waals surface area contributed by atoms with Crippen molar-refractivity contribution < 1.29 is 9.72 Å². The van der Waals surface area contributed by atoms with Crippen LogP contribution in [0.15, 0.2) is 84.6 Å². The quantitative estimate of drug-likeness (QED) is 0.344. The SMILES string of the molecule is CC1=C(C(=O)Nc2cccnc2)C(c2ccc([N+](=O)[O-])cc2)n2nc(-c3ccncc3)nc2N1. The number of hydrogen-bond acceptors (Lipinski definition) is 8. The van der Waals surface area contributed by atoms with Gasteiger partial charge in [-0.1, -0.05) is 0 Å². The van der Waals surface area contributed by atoms with Crippen LogP contribution in [0, 0.1) is 10.1 Å². The summed E-state index contributed by atoms with van der Waals surface area (Å²) in [5.74, 6) is 0.553. The van der Waals surface area contributed by atoms with Gasteiger partial charge in [0.25, 0.3) is 11.6 Å². The van der Waals surface area contributed by atoms with E-state index in [2.05, 4.69) is 30.7 Å². The number of non-ortho nitro benzene ring substituents is 1. The standard InChI is InChI=1S/C23H18N8O3/c1-14-19(22(32)27-17-3-2-10-25-13-17)20(15-4-6-18(7-5-15)31(33)34)30-23(26-14)28-21(29-30)16-8-11-24-12-9-16/h2-13,20H,1H3,(H,27,32)(H,26,28,29). The monoisotopic (exact) mass is 454 g/mol. The van der Waals surface area contributed by atoms with E-state index in [0.717, 1.165) is 5.56 Å². The number of nitrogens with one attached hydrogen (secondary N) is 2. The van der Waals surface area contributed by atoms with Gasteiger partial charge in [-0.3, -0.25) is 24.9 Å². The highest BCUT2D eigenvalue weighted by atomic mass is 16.6. The summed E-state index contributed by atoms with van der Waals surface area (Å²) in [4.78, 5) is 36.8. The van der Waals surface area contributed by atoms with Crippen molar-refractivity contribution in [1.29, 1.82) is 0 Å². The van der Waals surface area contributed by atoms with Crippen LogP contribution in [0.2, 0.25) is 0 Å². The lowest BCUT2D eigenvalue weighted by Gasteiger charge is -2.28. The van der Waals surface area contributed by atoms with E-state index in [9.17, 15) is 14.9 Å². The van der Waals surface area contributed by atoms with Crippen LogP contribution in [0.5, 0.6) is 0 Å². The van der Waals surface area contributed by atoms with E-state index in [1.165, 1.54) is 12.1 Å². The molecule has 0 saturated carbocycles. The third-order valence-electron chi connectivity index (χ3n) is 5.37. The summed E-state index contributed by atoms with van der Waals surface area (Å²) in [5.41, 5.74) is 2.89. The zero-order valence-electron chi connectivity index (χ0n) is 17.9. The molecule has 34 heavy (non-hydrogen) atoms. The van der Waals surface area contributed by atoms with E-state index in [0.29, 0.717) is 34.3 Å². The van der Waals surface area contributed by atoms with Gasteiger partial charge < -0.3 is 10.6 Å². The number of pyridine rings is 2. The highest BCUT2D eigenvalue weighted by molar-refractivity contribution is 6.05. The Balaban J connectivity index is 1.61. The number of carbonyl (C=O) groups excluding carboxylic acids is 1. The van der Waals surface area contributed by atoms with Crippen LogP contribution < -0.4 is 10.6 Å². The summed E-state index contributed by atoms with van der Waals surface area (Å²) in [7, 11) is 0. The van der Waals surface area contributed by atoms with Crippen LogP contribution in [0.25, 0.3) is 11.4 Å². The van der Waals surface area contributed by atoms with Crippen LogP contribution in [-0.4, -0.2) is 35.6 Å². The van der Waals surface area contributed by atoms with E-state index in [4.69, 9.17) is 0 Å². The number of rotatable bonds is 5. The molecule has 4 aromatic rings. The topological polar surface area (TPSA) is 141 Å². The predicted molar refractivity (Wildman–Crippen MR) is 124 cm³/mol. The Morgan fingerprint density at radius 1 is 1.09 bits per heavy atom. The van der Waals surface area contributed by atoms with Gasteiger partial charge in [0.15, 0.2) is 5.82 Å². The van der Waals surface area contributed by atoms with Crippen molar-refractivity contribution in [2.24, 2.45) is 0 Å². The molecule has 1 atom stereocenters. The zero-order chi connectivity index (χ0) is 23.7. The molecule has 1 unspecified atom stereocenters. The van der Waals surface area contributed by atoms with Gasteiger partial charge in [0.05, 0.1) is 22.4 Å². The highest BCUT2D eigenvalue weighted by Crippen LogP contribution is 2.37. The van der Waals surface area contributed by atoms with E-state index in [1.54, 1.807) is 72.8 Å². The zero-order valence-corrected chi connectivity index (χ0v) is 17.9. The first-order chi connectivity index (χ1) is 16.5. The smallest absolute Gasteiger partial charge is 0.269 e. The first-order valence-electron chi connectivity index (χ1n) is 10.3. The average Bonchev–Trinajstić information content (AvgIpc) is 3.28. The Hall–Kier alpha value is -4.93. The van der Waals surface area contributed by atoms with Gasteiger partial charge in [0.2, 0.25) is 5.95 Å². The molecular formula is C23H18N8O3. The fourth-order valence-corrected chi connectivity index (χ4v) is 3.79. The lowest BCUT2D eigenvalue weighted by Crippen LogP contribution is -2.31. The normalized spacial score (nSPS) is 14.8. The Morgan fingerprint density at radius 3 is 2.53 bits per heavy atom. The molecule has 168 valence electrons. The Labute approximate surface area is 193 Å². The van der Waals surface area contributed by atoms with Gasteiger partial charge in [-0.2, -0.15) is 4.98 Å². The minimum atomic E-state index is -0.670. The maximum atomic E-state index is 13.4. The Kier molecular flexibility index (Phi) is 5.26. The lowest BCUT2D eigenvalue weighted by molar-refractivity contribution is -0.384. The van der Waals surface area contributed by atoms with Crippen molar-refractivity contribution in [3.05, 3.63) is 100 Å². The van der Waals surface area contributed by atoms with Gasteiger partial charge in [-0.25, -0.2) is 4.68 Å². The summed E-state index contributed by atoms with van der Waals surface area (Å²) in [6, 6.07) is 12.4. The first-order valence-corrected chi connectivity index (χ1v) is 10.3. The Bertz CT molecular complexity index is 1400. The summed E-state index contributed by atoms with van der Waals surface area (Å²) < 4.78 is 1.61. The molecule has 5 rings (SSSR count). The maximum absolute atomic E-state index is 13.4. The second-order valence-corrected chi connectivity index (χ2v) is 7.55. The number of fused-ring (bicyclic) bond motifs is 1. The summed E-state index contributed by atoms with van der Waals surface area (Å²) >= 11 is 0. The summed E-state index contributed by atoms with van der Waals surface area (Å²) in [5, 5.41) is 21.9. The molecule has 0 saturated heterocycles. The molecule has 1 aromatic carbocycles. The minimum Gasteiger partial charge on any atom is -0.328 e. The average molecular weight is 454 g/mol. The Morgan fingerprint density at radius 2 is 1.85 bits per heavy atom. The fourth-order valence-electron chi connectivity index (χ4n) is 3.79. The van der Waals surface area contributed by atoms with Gasteiger partial charge in [-0.05, 0) is 48.9 Å². The minimum absolute atomic E-state index is 0.0453. The molecule has 0 bridgehead atoms. The number of nitro groups is 1. The van der Waals surface area contributed by atoms with E-state index in [-0.39, 0.29) is 11.6 Å². The number of aromatic nitrogens is 5. The van der Waals surface area contributed by atoms with Crippen molar-refractivity contribution in [2.45, 2.75) is 13.0 Å². The van der Waals surface area contributed by atoms with Crippen LogP contribution in [0.3, 0.4) is 0 Å². The molecule has 1 aliphatic rings. The van der Waals surface area contributed by atoms with Crippen molar-refractivity contribution in [3.8, 4) is 11.4 Å². The molecule has 4 heterocycles. The molecular weight excluding hydrogens is 436 g/mol. The highest BCUT2D eigenvalue weighted by Gasteiger charge is 2.34. The number of benzene rings is 1. The molecule has 0 aliphatic carbocycles. The van der Waals surface area contributed by atoms with Crippen molar-refractivity contribution in [2.75, 3.05) is 10.6 Å². The van der Waals surface area contributed by atoms with Crippen LogP contribution in [0.1, 0.15) is 18.5 Å². The van der Waals surface area contributed by atoms with Crippen LogP contribution in [-0.2, 0) is 4.79 Å². The maximum Gasteiger partial charge on any atom is 0.269 e. The first kappa shape index (κ1) is 20.9. The predicted octanol–water partition coefficient (Wildman–Crippen LogP) is 3.57. The number of anilines is 2. The van der Waals surface area contributed by atoms with Gasteiger partial charge >= 0.3 is 0 Å². The number of carbonyl (C=O) groups is 1. The summed E-state index contributed by atoms with van der Waals surface area (Å²) in [6.45, 7) is 1.78. The fraction of sp³-hybridized carbons (Fsp3) is 0.0870. The van der Waals surface area contributed by atoms with Gasteiger partial charge in [0.1, 0.15) is 6.04 Å². The van der Waals surface area contributed by atoms with Crippen molar-refractivity contribution in [1.82, 2.24) is 24.7 Å². The molecule has 0 radical (unpaired) electrons. The summed E-state index contributed by atoms with van der Waals surface area (Å²) in [6.07, 6.45) is 6.46. The molecule has 11 heteroatoms. The molecule has 11 nitrogen and oxygen atoms in total. The van der Waals surface area contributed by atoms with E-state index < -0.39 is 11.0 Å². The van der Waals surface area contributed by atoms with Crippen molar-refractivity contribution >= 4 is 23.2 Å². The number of allylic oxidation sites excluding steroid dienone is 1. The van der Waals surface area contributed by atoms with Crippen LogP contribution in [0.4, 0.5) is 17.3 Å². The second kappa shape index (κ2) is 8.54. The van der Waals surface area contributed by atoms with Crippen LogP contribution >= 0.6 is 0 Å². The molecule has 0 fully saturated rings. The third-order valence-corrected chi connectivity index (χ3v) is 5.37. The van der Waals surface area contributed by atoms with E-state index >= 15 is 0 Å². The second-order valence-electron chi connectivity index (χ2n) is 7.55.